The molecule has 0 radical (unpaired) electrons. The van der Waals surface area contributed by atoms with E-state index in [1.54, 1.807) is 0 Å². The van der Waals surface area contributed by atoms with Gasteiger partial charge in [0, 0.05) is 6.42 Å². The lowest BCUT2D eigenvalue weighted by atomic mass is 10.1. The Bertz CT molecular complexity index is 302. The third kappa shape index (κ3) is 21.1. The molecule has 0 saturated carbocycles. The first-order valence-electron chi connectivity index (χ1n) is 10.9. The molecule has 3 heteroatoms. The van der Waals surface area contributed by atoms with Gasteiger partial charge in [0.1, 0.15) is 0 Å². The van der Waals surface area contributed by atoms with Crippen LogP contribution >= 0.6 is 0 Å². The van der Waals surface area contributed by atoms with Crippen LogP contribution in [0.3, 0.4) is 0 Å². The largest absolute Gasteiger partial charge is 0.344 e. The summed E-state index contributed by atoms with van der Waals surface area (Å²) in [5, 5.41) is 6.09. The molecule has 0 unspecified atom stereocenters. The van der Waals surface area contributed by atoms with E-state index in [2.05, 4.69) is 36.6 Å². The Morgan fingerprint density at radius 2 is 1.28 bits per heavy atom. The smallest absolute Gasteiger partial charge is 0.220 e. The van der Waals surface area contributed by atoms with Crippen LogP contribution in [0, 0.1) is 0 Å². The normalized spacial score (nSPS) is 11.3. The van der Waals surface area contributed by atoms with Crippen molar-refractivity contribution in [2.45, 2.75) is 110 Å². The maximum Gasteiger partial charge on any atom is 0.220 e. The van der Waals surface area contributed by atoms with Crippen LogP contribution in [0.1, 0.15) is 110 Å². The molecule has 148 valence electrons. The molecule has 0 saturated heterocycles. The minimum atomic E-state index is 0.182. The molecule has 0 aliphatic carbocycles. The minimum Gasteiger partial charge on any atom is -0.344 e. The highest BCUT2D eigenvalue weighted by Gasteiger charge is 1.99. The number of rotatable bonds is 19. The van der Waals surface area contributed by atoms with Crippen molar-refractivity contribution in [3.05, 3.63) is 12.2 Å². The topological polar surface area (TPSA) is 41.1 Å². The van der Waals surface area contributed by atoms with Gasteiger partial charge in [0.25, 0.3) is 0 Å². The zero-order valence-electron chi connectivity index (χ0n) is 17.1. The van der Waals surface area contributed by atoms with Crippen LogP contribution < -0.4 is 10.6 Å². The van der Waals surface area contributed by atoms with Crippen molar-refractivity contribution >= 4 is 5.91 Å². The number of carbonyl (C=O) groups excluding carboxylic acids is 1. The summed E-state index contributed by atoms with van der Waals surface area (Å²) in [6.45, 7) is 5.97. The highest BCUT2D eigenvalue weighted by atomic mass is 16.1. The zero-order chi connectivity index (χ0) is 18.4. The number of carbonyl (C=O) groups is 1. The van der Waals surface area contributed by atoms with Crippen LogP contribution in [-0.4, -0.2) is 19.1 Å². The van der Waals surface area contributed by atoms with Crippen molar-refractivity contribution in [3.8, 4) is 0 Å². The number of allylic oxidation sites excluding steroid dienone is 2. The third-order valence-corrected chi connectivity index (χ3v) is 4.50. The van der Waals surface area contributed by atoms with Gasteiger partial charge < -0.3 is 10.6 Å². The van der Waals surface area contributed by atoms with Crippen molar-refractivity contribution < 1.29 is 4.79 Å². The van der Waals surface area contributed by atoms with Gasteiger partial charge in [-0.05, 0) is 45.1 Å². The molecule has 3 nitrogen and oxygen atoms in total. The van der Waals surface area contributed by atoms with Crippen molar-refractivity contribution in [1.29, 1.82) is 0 Å². The number of nitrogens with one attached hydrogen (secondary N) is 2. The summed E-state index contributed by atoms with van der Waals surface area (Å²) in [7, 11) is 0. The molecule has 0 aromatic rings. The second-order valence-electron chi connectivity index (χ2n) is 7.11. The molecule has 0 rings (SSSR count). The number of amides is 1. The van der Waals surface area contributed by atoms with E-state index in [1.165, 1.54) is 77.0 Å². The molecule has 0 aliphatic rings. The monoisotopic (exact) mass is 352 g/mol. The summed E-state index contributed by atoms with van der Waals surface area (Å²) >= 11 is 0. The van der Waals surface area contributed by atoms with Gasteiger partial charge in [0.15, 0.2) is 0 Å². The van der Waals surface area contributed by atoms with Gasteiger partial charge in [-0.15, -0.1) is 0 Å². The molecule has 25 heavy (non-hydrogen) atoms. The molecule has 0 heterocycles. The fourth-order valence-corrected chi connectivity index (χ4v) is 2.87. The van der Waals surface area contributed by atoms with Crippen molar-refractivity contribution in [1.82, 2.24) is 10.6 Å². The Balaban J connectivity index is 3.17. The molecule has 0 aromatic heterocycles. The van der Waals surface area contributed by atoms with E-state index in [0.717, 1.165) is 19.4 Å². The Labute approximate surface area is 157 Å². The van der Waals surface area contributed by atoms with Crippen LogP contribution in [-0.2, 0) is 4.79 Å². The first-order valence-corrected chi connectivity index (χ1v) is 10.9. The average molecular weight is 353 g/mol. The first-order chi connectivity index (χ1) is 12.3. The standard InChI is InChI=1S/C22H44N2O/c1-3-5-6-7-8-9-10-11-12-13-14-15-16-17-18-19-22(25)24-21-23-20-4-2/h11-12,23H,3-10,13-21H2,1-2H3,(H,24,25)/b12-11-. The minimum absolute atomic E-state index is 0.182. The fourth-order valence-electron chi connectivity index (χ4n) is 2.87. The lowest BCUT2D eigenvalue weighted by molar-refractivity contribution is -0.121. The molecule has 1 amide bonds. The summed E-state index contributed by atoms with van der Waals surface area (Å²) in [5.41, 5.74) is 0. The van der Waals surface area contributed by atoms with Crippen LogP contribution in [0.15, 0.2) is 12.2 Å². The van der Waals surface area contributed by atoms with Crippen LogP contribution in [0.5, 0.6) is 0 Å². The Morgan fingerprint density at radius 3 is 1.88 bits per heavy atom. The van der Waals surface area contributed by atoms with E-state index in [9.17, 15) is 4.79 Å². The lowest BCUT2D eigenvalue weighted by Crippen LogP contribution is -2.33. The highest BCUT2D eigenvalue weighted by molar-refractivity contribution is 5.75. The summed E-state index contributed by atoms with van der Waals surface area (Å²) < 4.78 is 0. The van der Waals surface area contributed by atoms with Crippen LogP contribution in [0.2, 0.25) is 0 Å². The van der Waals surface area contributed by atoms with E-state index < -0.39 is 0 Å². The molecule has 0 atom stereocenters. The number of hydrogen-bond donors (Lipinski definition) is 2. The average Bonchev–Trinajstić information content (AvgIpc) is 2.62. The number of unbranched alkanes of at least 4 members (excludes halogenated alkanes) is 11. The van der Waals surface area contributed by atoms with Gasteiger partial charge >= 0.3 is 0 Å². The van der Waals surface area contributed by atoms with E-state index in [1.807, 2.05) is 0 Å². The molecule has 0 spiro atoms. The maximum absolute atomic E-state index is 11.6. The van der Waals surface area contributed by atoms with Gasteiger partial charge in [-0.25, -0.2) is 0 Å². The van der Waals surface area contributed by atoms with Crippen LogP contribution in [0.25, 0.3) is 0 Å². The van der Waals surface area contributed by atoms with Gasteiger partial charge in [-0.1, -0.05) is 77.4 Å². The van der Waals surface area contributed by atoms with Crippen molar-refractivity contribution in [2.75, 3.05) is 13.2 Å². The van der Waals surface area contributed by atoms with E-state index in [4.69, 9.17) is 0 Å². The SMILES string of the molecule is CCCCCCCC/C=C\CCCCCCCC(=O)NCNCCC. The zero-order valence-corrected chi connectivity index (χ0v) is 17.1. The summed E-state index contributed by atoms with van der Waals surface area (Å²) in [6, 6.07) is 0. The van der Waals surface area contributed by atoms with E-state index >= 15 is 0 Å². The Morgan fingerprint density at radius 1 is 0.720 bits per heavy atom. The lowest BCUT2D eigenvalue weighted by Gasteiger charge is -2.06. The van der Waals surface area contributed by atoms with Crippen LogP contribution in [0.4, 0.5) is 0 Å². The quantitative estimate of drug-likeness (QED) is 0.168. The molecule has 0 fully saturated rings. The second-order valence-corrected chi connectivity index (χ2v) is 7.11. The summed E-state index contributed by atoms with van der Waals surface area (Å²) in [5.74, 6) is 0.182. The van der Waals surface area contributed by atoms with Crippen molar-refractivity contribution in [2.24, 2.45) is 0 Å². The third-order valence-electron chi connectivity index (χ3n) is 4.50. The van der Waals surface area contributed by atoms with E-state index in [0.29, 0.717) is 13.1 Å². The maximum atomic E-state index is 11.6. The van der Waals surface area contributed by atoms with Gasteiger partial charge in [0.05, 0.1) is 6.67 Å². The Kier molecular flexibility index (Phi) is 20.5. The van der Waals surface area contributed by atoms with Gasteiger partial charge in [-0.3, -0.25) is 4.79 Å². The molecule has 0 aliphatic heterocycles. The summed E-state index contributed by atoms with van der Waals surface area (Å²) in [4.78, 5) is 11.6. The van der Waals surface area contributed by atoms with Crippen molar-refractivity contribution in [3.63, 3.8) is 0 Å². The van der Waals surface area contributed by atoms with Gasteiger partial charge in [0.2, 0.25) is 5.91 Å². The highest BCUT2D eigenvalue weighted by Crippen LogP contribution is 2.09. The molecule has 0 bridgehead atoms. The molecule has 2 N–H and O–H groups in total. The molecule has 0 aromatic carbocycles. The predicted molar refractivity (Wildman–Crippen MR) is 111 cm³/mol. The van der Waals surface area contributed by atoms with E-state index in [-0.39, 0.29) is 5.91 Å². The first kappa shape index (κ1) is 24.2. The summed E-state index contributed by atoms with van der Waals surface area (Å²) in [6.07, 6.45) is 23.3. The second kappa shape index (κ2) is 21.2. The van der Waals surface area contributed by atoms with Gasteiger partial charge in [-0.2, -0.15) is 0 Å². The Hall–Kier alpha value is -0.830. The fraction of sp³-hybridized carbons (Fsp3) is 0.864. The number of hydrogen-bond acceptors (Lipinski definition) is 2. The molecular formula is C22H44N2O. The predicted octanol–water partition coefficient (Wildman–Crippen LogP) is 6.10. The molecular weight excluding hydrogens is 308 g/mol.